The van der Waals surface area contributed by atoms with Gasteiger partial charge in [0, 0.05) is 5.56 Å². The van der Waals surface area contributed by atoms with E-state index in [0.717, 1.165) is 4.31 Å². The summed E-state index contributed by atoms with van der Waals surface area (Å²) in [5.41, 5.74) is 5.24. The van der Waals surface area contributed by atoms with Crippen molar-refractivity contribution >= 4 is 27.7 Å². The van der Waals surface area contributed by atoms with E-state index in [1.807, 2.05) is 0 Å². The number of sulfonamides is 1. The van der Waals surface area contributed by atoms with Crippen molar-refractivity contribution in [2.24, 2.45) is 5.73 Å². The molecule has 9 heteroatoms. The van der Waals surface area contributed by atoms with Gasteiger partial charge in [0.25, 0.3) is 0 Å². The summed E-state index contributed by atoms with van der Waals surface area (Å²) in [6.45, 7) is 0.948. The van der Waals surface area contributed by atoms with Gasteiger partial charge in [0.2, 0.25) is 27.7 Å². The van der Waals surface area contributed by atoms with Crippen LogP contribution in [0.4, 0.5) is 0 Å². The molecule has 0 aromatic heterocycles. The van der Waals surface area contributed by atoms with Crippen LogP contribution in [0, 0.1) is 0 Å². The van der Waals surface area contributed by atoms with Crippen molar-refractivity contribution in [2.75, 3.05) is 6.54 Å². The average molecular weight is 311 g/mol. The molecule has 1 heterocycles. The number of imide groups is 1. The Hall–Kier alpha value is -2.26. The Morgan fingerprint density at radius 1 is 1.29 bits per heavy atom. The molecule has 8 nitrogen and oxygen atoms in total. The van der Waals surface area contributed by atoms with Crippen molar-refractivity contribution in [1.29, 1.82) is 0 Å². The zero-order chi connectivity index (χ0) is 15.8. The van der Waals surface area contributed by atoms with Crippen LogP contribution in [0.25, 0.3) is 0 Å². The summed E-state index contributed by atoms with van der Waals surface area (Å²) < 4.78 is 25.7. The Bertz CT molecular complexity index is 711. The Kier molecular flexibility index (Phi) is 3.79. The highest BCUT2D eigenvalue weighted by molar-refractivity contribution is 7.89. The Morgan fingerprint density at radius 2 is 1.86 bits per heavy atom. The Labute approximate surface area is 121 Å². The van der Waals surface area contributed by atoms with Crippen molar-refractivity contribution in [2.45, 2.75) is 17.9 Å². The van der Waals surface area contributed by atoms with Crippen LogP contribution in [-0.2, 0) is 19.6 Å². The normalized spacial score (nSPS) is 20.1. The molecule has 21 heavy (non-hydrogen) atoms. The predicted octanol–water partition coefficient (Wildman–Crippen LogP) is -1.18. The van der Waals surface area contributed by atoms with Gasteiger partial charge in [0.1, 0.15) is 6.04 Å². The fraction of sp³-hybridized carbons (Fsp3) is 0.250. The summed E-state index contributed by atoms with van der Waals surface area (Å²) in [7, 11) is -4.02. The molecule has 112 valence electrons. The van der Waals surface area contributed by atoms with Crippen molar-refractivity contribution < 1.29 is 22.8 Å². The van der Waals surface area contributed by atoms with E-state index in [1.54, 1.807) is 0 Å². The van der Waals surface area contributed by atoms with Crippen LogP contribution in [0.2, 0.25) is 0 Å². The Morgan fingerprint density at radius 3 is 2.38 bits per heavy atom. The van der Waals surface area contributed by atoms with Crippen molar-refractivity contribution in [3.63, 3.8) is 0 Å². The van der Waals surface area contributed by atoms with Gasteiger partial charge in [-0.05, 0) is 31.2 Å². The monoisotopic (exact) mass is 311 g/mol. The molecule has 3 N–H and O–H groups in total. The zero-order valence-electron chi connectivity index (χ0n) is 11.1. The number of amides is 3. The second-order valence-electron chi connectivity index (χ2n) is 4.53. The van der Waals surface area contributed by atoms with Gasteiger partial charge in [0.15, 0.2) is 0 Å². The van der Waals surface area contributed by atoms with E-state index in [1.165, 1.54) is 31.2 Å². The number of nitrogens with zero attached hydrogens (tertiary/aromatic N) is 1. The molecule has 1 fully saturated rings. The maximum absolute atomic E-state index is 12.4. The lowest BCUT2D eigenvalue weighted by atomic mass is 10.2. The fourth-order valence-electron chi connectivity index (χ4n) is 1.91. The van der Waals surface area contributed by atoms with Crippen LogP contribution in [0.5, 0.6) is 0 Å². The van der Waals surface area contributed by atoms with E-state index in [4.69, 9.17) is 5.73 Å². The largest absolute Gasteiger partial charge is 0.366 e. The standard InChI is InChI=1S/C12H13N3O5S/c1-7-12(18)14-10(16)6-15(7)21(19,20)9-4-2-8(3-5-9)11(13)17/h2-5,7H,6H2,1H3,(H2,13,17)(H,14,16,18). The molecule has 1 aromatic rings. The molecular formula is C12H13N3O5S. The lowest BCUT2D eigenvalue weighted by Gasteiger charge is -2.30. The summed E-state index contributed by atoms with van der Waals surface area (Å²) in [5, 5.41) is 2.06. The number of piperazine rings is 1. The first-order valence-corrected chi connectivity index (χ1v) is 7.43. The summed E-state index contributed by atoms with van der Waals surface area (Å²) >= 11 is 0. The smallest absolute Gasteiger partial charge is 0.248 e. The van der Waals surface area contributed by atoms with Crippen molar-refractivity contribution in [3.8, 4) is 0 Å². The number of rotatable bonds is 3. The first-order chi connectivity index (χ1) is 9.73. The molecule has 0 bridgehead atoms. The maximum Gasteiger partial charge on any atom is 0.248 e. The number of hydrogen-bond donors (Lipinski definition) is 2. The zero-order valence-corrected chi connectivity index (χ0v) is 11.9. The van der Waals surface area contributed by atoms with E-state index in [-0.39, 0.29) is 10.5 Å². The van der Waals surface area contributed by atoms with Crippen LogP contribution in [0.15, 0.2) is 29.2 Å². The lowest BCUT2D eigenvalue weighted by molar-refractivity contribution is -0.136. The van der Waals surface area contributed by atoms with Crippen LogP contribution in [-0.4, -0.2) is 43.0 Å². The van der Waals surface area contributed by atoms with E-state index >= 15 is 0 Å². The number of carbonyl (C=O) groups excluding carboxylic acids is 3. The van der Waals surface area contributed by atoms with E-state index in [9.17, 15) is 22.8 Å². The predicted molar refractivity (Wildman–Crippen MR) is 71.5 cm³/mol. The highest BCUT2D eigenvalue weighted by Crippen LogP contribution is 2.20. The third kappa shape index (κ3) is 2.78. The molecule has 0 saturated carbocycles. The molecule has 1 aromatic carbocycles. The van der Waals surface area contributed by atoms with Crippen molar-refractivity contribution in [3.05, 3.63) is 29.8 Å². The van der Waals surface area contributed by atoms with Crippen LogP contribution < -0.4 is 11.1 Å². The second kappa shape index (κ2) is 5.26. The number of primary amides is 1. The van der Waals surface area contributed by atoms with Crippen molar-refractivity contribution in [1.82, 2.24) is 9.62 Å². The Balaban J connectivity index is 2.39. The minimum Gasteiger partial charge on any atom is -0.366 e. The van der Waals surface area contributed by atoms with Crippen LogP contribution in [0.3, 0.4) is 0 Å². The number of hydrogen-bond acceptors (Lipinski definition) is 5. The van der Waals surface area contributed by atoms with E-state index in [0.29, 0.717) is 0 Å². The second-order valence-corrected chi connectivity index (χ2v) is 6.42. The van der Waals surface area contributed by atoms with Gasteiger partial charge in [-0.3, -0.25) is 19.7 Å². The van der Waals surface area contributed by atoms with Gasteiger partial charge in [-0.2, -0.15) is 4.31 Å². The van der Waals surface area contributed by atoms with E-state index in [2.05, 4.69) is 5.32 Å². The number of nitrogens with one attached hydrogen (secondary N) is 1. The topological polar surface area (TPSA) is 127 Å². The van der Waals surface area contributed by atoms with Crippen LogP contribution in [0.1, 0.15) is 17.3 Å². The molecule has 3 amide bonds. The third-order valence-corrected chi connectivity index (χ3v) is 5.05. The molecule has 1 saturated heterocycles. The quantitative estimate of drug-likeness (QED) is 0.679. The minimum atomic E-state index is -4.02. The highest BCUT2D eigenvalue weighted by atomic mass is 32.2. The molecule has 1 aliphatic heterocycles. The van der Waals surface area contributed by atoms with Gasteiger partial charge < -0.3 is 5.73 Å². The highest BCUT2D eigenvalue weighted by Gasteiger charge is 2.38. The van der Waals surface area contributed by atoms with Gasteiger partial charge in [-0.1, -0.05) is 0 Å². The van der Waals surface area contributed by atoms with Crippen LogP contribution >= 0.6 is 0 Å². The van der Waals surface area contributed by atoms with Gasteiger partial charge in [0.05, 0.1) is 11.4 Å². The fourth-order valence-corrected chi connectivity index (χ4v) is 3.46. The lowest BCUT2D eigenvalue weighted by Crippen LogP contribution is -2.58. The number of carbonyl (C=O) groups is 3. The molecule has 0 radical (unpaired) electrons. The molecule has 1 unspecified atom stereocenters. The SMILES string of the molecule is CC1C(=O)NC(=O)CN1S(=O)(=O)c1ccc(C(N)=O)cc1. The maximum atomic E-state index is 12.4. The minimum absolute atomic E-state index is 0.123. The summed E-state index contributed by atoms with van der Waals surface area (Å²) in [5.74, 6) is -2.04. The summed E-state index contributed by atoms with van der Waals surface area (Å²) in [4.78, 5) is 33.7. The number of nitrogens with two attached hydrogens (primary N) is 1. The molecular weight excluding hydrogens is 298 g/mol. The molecule has 2 rings (SSSR count). The van der Waals surface area contributed by atoms with Gasteiger partial charge in [-0.25, -0.2) is 8.42 Å². The molecule has 1 atom stereocenters. The molecule has 0 spiro atoms. The first-order valence-electron chi connectivity index (χ1n) is 5.99. The van der Waals surface area contributed by atoms with Gasteiger partial charge >= 0.3 is 0 Å². The van der Waals surface area contributed by atoms with Gasteiger partial charge in [-0.15, -0.1) is 0 Å². The number of benzene rings is 1. The molecule has 1 aliphatic rings. The van der Waals surface area contributed by atoms with E-state index < -0.39 is 40.3 Å². The summed E-state index contributed by atoms with van der Waals surface area (Å²) in [6.07, 6.45) is 0. The third-order valence-electron chi connectivity index (χ3n) is 3.12. The first kappa shape index (κ1) is 15.1. The average Bonchev–Trinajstić information content (AvgIpc) is 2.42. The molecule has 0 aliphatic carbocycles. The summed E-state index contributed by atoms with van der Waals surface area (Å²) in [6, 6.07) is 3.96.